The van der Waals surface area contributed by atoms with Crippen molar-refractivity contribution in [3.63, 3.8) is 0 Å². The SMILES string of the molecule is CCC(CC)C(C(N)=O)c1ccc2oc(-c3ccc(O)c(OC)c3)cc2c1. The largest absolute Gasteiger partial charge is 0.504 e. The number of aromatic hydroxyl groups is 1. The quantitative estimate of drug-likeness (QED) is 0.627. The molecule has 0 bridgehead atoms. The van der Waals surface area contributed by atoms with Crippen molar-refractivity contribution >= 4 is 16.9 Å². The molecule has 3 rings (SSSR count). The molecule has 3 N–H and O–H groups in total. The monoisotopic (exact) mass is 367 g/mol. The highest BCUT2D eigenvalue weighted by Gasteiger charge is 2.26. The average molecular weight is 367 g/mol. The molecule has 0 spiro atoms. The number of ether oxygens (including phenoxy) is 1. The number of phenolic OH excluding ortho intramolecular Hbond substituents is 1. The number of carbonyl (C=O) groups is 1. The minimum atomic E-state index is -0.309. The van der Waals surface area contributed by atoms with Crippen LogP contribution in [-0.4, -0.2) is 18.1 Å². The zero-order valence-electron chi connectivity index (χ0n) is 15.9. The van der Waals surface area contributed by atoms with Gasteiger partial charge in [-0.25, -0.2) is 0 Å². The van der Waals surface area contributed by atoms with Gasteiger partial charge < -0.3 is 20.0 Å². The van der Waals surface area contributed by atoms with Gasteiger partial charge in [-0.05, 0) is 47.9 Å². The summed E-state index contributed by atoms with van der Waals surface area (Å²) in [7, 11) is 1.51. The summed E-state index contributed by atoms with van der Waals surface area (Å²) in [5.74, 6) is 0.739. The molecule has 142 valence electrons. The van der Waals surface area contributed by atoms with E-state index in [0.29, 0.717) is 11.5 Å². The standard InChI is InChI=1S/C22H25NO4/c1-4-13(5-2)21(22(23)25)15-7-9-18-16(10-15)12-19(27-18)14-6-8-17(24)20(11-14)26-3/h6-13,21,24H,4-5H2,1-3H3,(H2,23,25). The average Bonchev–Trinajstić information content (AvgIpc) is 3.09. The molecule has 1 atom stereocenters. The van der Waals surface area contributed by atoms with Crippen molar-refractivity contribution < 1.29 is 19.1 Å². The summed E-state index contributed by atoms with van der Waals surface area (Å²) >= 11 is 0. The minimum absolute atomic E-state index is 0.0779. The molecule has 1 aromatic heterocycles. The Bertz CT molecular complexity index is 956. The molecule has 27 heavy (non-hydrogen) atoms. The Morgan fingerprint density at radius 2 is 1.89 bits per heavy atom. The van der Waals surface area contributed by atoms with E-state index in [2.05, 4.69) is 13.8 Å². The number of primary amides is 1. The lowest BCUT2D eigenvalue weighted by Gasteiger charge is -2.22. The van der Waals surface area contributed by atoms with Gasteiger partial charge in [0.1, 0.15) is 11.3 Å². The van der Waals surface area contributed by atoms with Crippen LogP contribution < -0.4 is 10.5 Å². The third-order valence-electron chi connectivity index (χ3n) is 5.19. The molecule has 0 radical (unpaired) electrons. The van der Waals surface area contributed by atoms with Crippen LogP contribution in [0.5, 0.6) is 11.5 Å². The van der Waals surface area contributed by atoms with Gasteiger partial charge in [-0.2, -0.15) is 0 Å². The zero-order valence-corrected chi connectivity index (χ0v) is 15.9. The van der Waals surface area contributed by atoms with Gasteiger partial charge in [-0.15, -0.1) is 0 Å². The molecule has 0 saturated carbocycles. The van der Waals surface area contributed by atoms with Crippen LogP contribution in [-0.2, 0) is 4.79 Å². The van der Waals surface area contributed by atoms with Crippen LogP contribution in [0.1, 0.15) is 38.2 Å². The maximum Gasteiger partial charge on any atom is 0.225 e. The number of fused-ring (bicyclic) bond motifs is 1. The molecule has 0 fully saturated rings. The van der Waals surface area contributed by atoms with Crippen molar-refractivity contribution in [2.75, 3.05) is 7.11 Å². The highest BCUT2D eigenvalue weighted by Crippen LogP contribution is 2.36. The van der Waals surface area contributed by atoms with E-state index in [1.807, 2.05) is 24.3 Å². The fourth-order valence-corrected chi connectivity index (χ4v) is 3.66. The number of hydrogen-bond donors (Lipinski definition) is 2. The van der Waals surface area contributed by atoms with E-state index in [9.17, 15) is 9.90 Å². The van der Waals surface area contributed by atoms with Gasteiger partial charge in [0.15, 0.2) is 11.5 Å². The van der Waals surface area contributed by atoms with Crippen molar-refractivity contribution in [3.05, 3.63) is 48.0 Å². The number of carbonyl (C=O) groups excluding carboxylic acids is 1. The van der Waals surface area contributed by atoms with Crippen molar-refractivity contribution in [2.24, 2.45) is 11.7 Å². The lowest BCUT2D eigenvalue weighted by Crippen LogP contribution is -2.27. The number of phenols is 1. The van der Waals surface area contributed by atoms with Crippen LogP contribution in [0.4, 0.5) is 0 Å². The number of benzene rings is 2. The van der Waals surface area contributed by atoms with E-state index in [1.54, 1.807) is 18.2 Å². The van der Waals surface area contributed by atoms with Gasteiger partial charge in [-0.1, -0.05) is 32.8 Å². The lowest BCUT2D eigenvalue weighted by molar-refractivity contribution is -0.120. The van der Waals surface area contributed by atoms with Crippen molar-refractivity contribution in [3.8, 4) is 22.8 Å². The number of hydrogen-bond acceptors (Lipinski definition) is 4. The van der Waals surface area contributed by atoms with E-state index in [1.165, 1.54) is 7.11 Å². The first-order chi connectivity index (χ1) is 13.0. The second-order valence-electron chi connectivity index (χ2n) is 6.75. The minimum Gasteiger partial charge on any atom is -0.504 e. The smallest absolute Gasteiger partial charge is 0.225 e. The van der Waals surface area contributed by atoms with Gasteiger partial charge in [0.25, 0.3) is 0 Å². The van der Waals surface area contributed by atoms with Crippen molar-refractivity contribution in [1.29, 1.82) is 0 Å². The summed E-state index contributed by atoms with van der Waals surface area (Å²) in [6, 6.07) is 12.8. The summed E-state index contributed by atoms with van der Waals surface area (Å²) in [5, 5.41) is 10.7. The molecule has 3 aromatic rings. The molecular formula is C22H25NO4. The molecule has 2 aromatic carbocycles. The summed E-state index contributed by atoms with van der Waals surface area (Å²) in [5.41, 5.74) is 8.15. The van der Waals surface area contributed by atoms with Crippen LogP contribution in [0.3, 0.4) is 0 Å². The Morgan fingerprint density at radius 1 is 1.15 bits per heavy atom. The Kier molecular flexibility index (Phi) is 5.40. The Hall–Kier alpha value is -2.95. The van der Waals surface area contributed by atoms with Crippen LogP contribution in [0.25, 0.3) is 22.3 Å². The molecule has 0 saturated heterocycles. The highest BCUT2D eigenvalue weighted by molar-refractivity contribution is 5.87. The highest BCUT2D eigenvalue weighted by atomic mass is 16.5. The molecule has 1 amide bonds. The fraction of sp³-hybridized carbons (Fsp3) is 0.318. The molecule has 0 aliphatic heterocycles. The molecule has 0 aliphatic carbocycles. The third kappa shape index (κ3) is 3.63. The summed E-state index contributed by atoms with van der Waals surface area (Å²) < 4.78 is 11.1. The van der Waals surface area contributed by atoms with Crippen LogP contribution in [0.15, 0.2) is 46.9 Å². The predicted octanol–water partition coefficient (Wildman–Crippen LogP) is 4.82. The second-order valence-corrected chi connectivity index (χ2v) is 6.75. The van der Waals surface area contributed by atoms with Gasteiger partial charge >= 0.3 is 0 Å². The maximum absolute atomic E-state index is 12.1. The third-order valence-corrected chi connectivity index (χ3v) is 5.19. The first-order valence-corrected chi connectivity index (χ1v) is 9.18. The maximum atomic E-state index is 12.1. The number of amides is 1. The first-order valence-electron chi connectivity index (χ1n) is 9.18. The second kappa shape index (κ2) is 7.74. The van der Waals surface area contributed by atoms with Crippen molar-refractivity contribution in [2.45, 2.75) is 32.6 Å². The van der Waals surface area contributed by atoms with E-state index >= 15 is 0 Å². The summed E-state index contributed by atoms with van der Waals surface area (Å²) in [4.78, 5) is 12.1. The number of methoxy groups -OCH3 is 1. The normalized spacial score (nSPS) is 12.4. The summed E-state index contributed by atoms with van der Waals surface area (Å²) in [6.45, 7) is 4.16. The fourth-order valence-electron chi connectivity index (χ4n) is 3.66. The summed E-state index contributed by atoms with van der Waals surface area (Å²) in [6.07, 6.45) is 1.79. The van der Waals surface area contributed by atoms with Crippen LogP contribution in [0.2, 0.25) is 0 Å². The lowest BCUT2D eigenvalue weighted by atomic mass is 9.82. The Labute approximate surface area is 158 Å². The van der Waals surface area contributed by atoms with E-state index < -0.39 is 0 Å². The van der Waals surface area contributed by atoms with Gasteiger partial charge in [0.2, 0.25) is 5.91 Å². The number of nitrogens with two attached hydrogens (primary N) is 1. The van der Waals surface area contributed by atoms with Crippen molar-refractivity contribution in [1.82, 2.24) is 0 Å². The topological polar surface area (TPSA) is 85.7 Å². The van der Waals surface area contributed by atoms with Gasteiger partial charge in [-0.3, -0.25) is 4.79 Å². The van der Waals surface area contributed by atoms with E-state index in [-0.39, 0.29) is 23.5 Å². The van der Waals surface area contributed by atoms with Crippen LogP contribution in [0, 0.1) is 5.92 Å². The molecule has 1 unspecified atom stereocenters. The van der Waals surface area contributed by atoms with Gasteiger partial charge in [0, 0.05) is 10.9 Å². The van der Waals surface area contributed by atoms with Gasteiger partial charge in [0.05, 0.1) is 13.0 Å². The molecule has 5 nitrogen and oxygen atoms in total. The zero-order chi connectivity index (χ0) is 19.6. The molecule has 5 heteroatoms. The Balaban J connectivity index is 2.03. The first kappa shape index (κ1) is 18.8. The molecular weight excluding hydrogens is 342 g/mol. The predicted molar refractivity (Wildman–Crippen MR) is 106 cm³/mol. The number of rotatable bonds is 7. The number of furan rings is 1. The van der Waals surface area contributed by atoms with E-state index in [4.69, 9.17) is 14.9 Å². The Morgan fingerprint density at radius 3 is 2.52 bits per heavy atom. The van der Waals surface area contributed by atoms with Crippen LogP contribution >= 0.6 is 0 Å². The molecule has 0 aliphatic rings. The molecule has 1 heterocycles. The van der Waals surface area contributed by atoms with E-state index in [0.717, 1.165) is 34.9 Å².